The van der Waals surface area contributed by atoms with Crippen LogP contribution in [0.5, 0.6) is 0 Å². The fourth-order valence-corrected chi connectivity index (χ4v) is 3.86. The first-order chi connectivity index (χ1) is 12.8. The molecule has 0 fully saturated rings. The van der Waals surface area contributed by atoms with Crippen LogP contribution in [-0.4, -0.2) is 40.1 Å². The predicted octanol–water partition coefficient (Wildman–Crippen LogP) is 2.38. The number of nitrogens with one attached hydrogen (secondary N) is 2. The van der Waals surface area contributed by atoms with Gasteiger partial charge in [-0.3, -0.25) is 4.79 Å². The van der Waals surface area contributed by atoms with Crippen LogP contribution in [-0.2, 0) is 26.0 Å². The van der Waals surface area contributed by atoms with Crippen LogP contribution >= 0.6 is 11.6 Å². The smallest absolute Gasteiger partial charge is 0.241 e. The summed E-state index contributed by atoms with van der Waals surface area (Å²) in [6.45, 7) is 2.11. The van der Waals surface area contributed by atoms with Gasteiger partial charge in [0.25, 0.3) is 0 Å². The Bertz CT molecular complexity index is 842. The van der Waals surface area contributed by atoms with E-state index in [2.05, 4.69) is 10.0 Å². The summed E-state index contributed by atoms with van der Waals surface area (Å²) in [7, 11) is -2.36. The van der Waals surface area contributed by atoms with E-state index in [0.29, 0.717) is 11.6 Å². The molecular weight excluding hydrogens is 388 g/mol. The lowest BCUT2D eigenvalue weighted by molar-refractivity contribution is -0.123. The number of hydrogen-bond acceptors (Lipinski definition) is 4. The van der Waals surface area contributed by atoms with Crippen LogP contribution in [0.4, 0.5) is 0 Å². The zero-order valence-corrected chi connectivity index (χ0v) is 16.8. The van der Waals surface area contributed by atoms with Crippen LogP contribution in [0.3, 0.4) is 0 Å². The molecule has 0 aromatic heterocycles. The monoisotopic (exact) mass is 410 g/mol. The Kier molecular flexibility index (Phi) is 7.79. The molecular formula is C19H23ClN2O4S. The van der Waals surface area contributed by atoms with E-state index in [4.69, 9.17) is 16.3 Å². The molecule has 2 aromatic rings. The van der Waals surface area contributed by atoms with Crippen molar-refractivity contribution in [2.75, 3.05) is 13.7 Å². The van der Waals surface area contributed by atoms with E-state index in [0.717, 1.165) is 5.56 Å². The molecule has 8 heteroatoms. The summed E-state index contributed by atoms with van der Waals surface area (Å²) in [5, 5.41) is 3.20. The maximum atomic E-state index is 12.7. The number of sulfonamides is 1. The Morgan fingerprint density at radius 2 is 1.74 bits per heavy atom. The lowest BCUT2D eigenvalue weighted by atomic mass is 10.1. The average Bonchev–Trinajstić information content (AvgIpc) is 2.62. The Hall–Kier alpha value is -1.93. The van der Waals surface area contributed by atoms with E-state index in [9.17, 15) is 13.2 Å². The highest BCUT2D eigenvalue weighted by Gasteiger charge is 2.27. The number of benzene rings is 2. The van der Waals surface area contributed by atoms with Crippen LogP contribution in [0.1, 0.15) is 12.5 Å². The molecule has 1 amide bonds. The minimum Gasteiger partial charge on any atom is -0.383 e. The quantitative estimate of drug-likeness (QED) is 0.664. The van der Waals surface area contributed by atoms with E-state index < -0.39 is 22.0 Å². The van der Waals surface area contributed by atoms with E-state index in [-0.39, 0.29) is 17.4 Å². The molecule has 0 saturated heterocycles. The fourth-order valence-electron chi connectivity index (χ4n) is 2.54. The van der Waals surface area contributed by atoms with Gasteiger partial charge in [0.1, 0.15) is 6.04 Å². The Morgan fingerprint density at radius 3 is 2.33 bits per heavy atom. The molecule has 6 nitrogen and oxygen atoms in total. The van der Waals surface area contributed by atoms with Gasteiger partial charge in [-0.05, 0) is 43.2 Å². The van der Waals surface area contributed by atoms with Crippen molar-refractivity contribution in [3.05, 3.63) is 65.2 Å². The lowest BCUT2D eigenvalue weighted by Gasteiger charge is -2.21. The number of methoxy groups -OCH3 is 1. The summed E-state index contributed by atoms with van der Waals surface area (Å²) >= 11 is 5.82. The van der Waals surface area contributed by atoms with E-state index in [1.807, 2.05) is 30.3 Å². The Labute approximate surface area is 164 Å². The summed E-state index contributed by atoms with van der Waals surface area (Å²) in [4.78, 5) is 12.7. The largest absolute Gasteiger partial charge is 0.383 e. The standard InChI is InChI=1S/C19H23ClN2O4S/c1-14(13-26-2)21-19(23)18(12-15-6-4-3-5-7-15)22-27(24,25)17-10-8-16(20)9-11-17/h3-11,14,18,22H,12-13H2,1-2H3,(H,21,23)/t14-,18-/m0/s1. The summed E-state index contributed by atoms with van der Waals surface area (Å²) in [6.07, 6.45) is 0.221. The molecule has 2 rings (SSSR count). The number of rotatable bonds is 9. The van der Waals surface area contributed by atoms with E-state index in [1.54, 1.807) is 6.92 Å². The second-order valence-electron chi connectivity index (χ2n) is 6.18. The number of hydrogen-bond donors (Lipinski definition) is 2. The number of amides is 1. The summed E-state index contributed by atoms with van der Waals surface area (Å²) < 4.78 is 32.9. The molecule has 0 radical (unpaired) electrons. The van der Waals surface area contributed by atoms with Crippen molar-refractivity contribution in [1.29, 1.82) is 0 Å². The van der Waals surface area contributed by atoms with E-state index >= 15 is 0 Å². The number of halogens is 1. The molecule has 0 unspecified atom stereocenters. The van der Waals surface area contributed by atoms with E-state index in [1.165, 1.54) is 31.4 Å². The SMILES string of the molecule is COC[C@H](C)NC(=O)[C@H](Cc1ccccc1)NS(=O)(=O)c1ccc(Cl)cc1. The maximum Gasteiger partial charge on any atom is 0.241 e. The summed E-state index contributed by atoms with van der Waals surface area (Å²) in [5.41, 5.74) is 0.843. The zero-order chi connectivity index (χ0) is 19.9. The van der Waals surface area contributed by atoms with Crippen LogP contribution in [0.2, 0.25) is 5.02 Å². The van der Waals surface area contributed by atoms with Gasteiger partial charge in [0.05, 0.1) is 11.5 Å². The van der Waals surface area contributed by atoms with Gasteiger partial charge in [-0.2, -0.15) is 4.72 Å². The van der Waals surface area contributed by atoms with Crippen molar-refractivity contribution >= 4 is 27.5 Å². The van der Waals surface area contributed by atoms with Crippen LogP contribution < -0.4 is 10.0 Å². The first-order valence-electron chi connectivity index (χ1n) is 8.43. The van der Waals surface area contributed by atoms with Gasteiger partial charge >= 0.3 is 0 Å². The van der Waals surface area contributed by atoms with Gasteiger partial charge in [-0.15, -0.1) is 0 Å². The first kappa shape index (κ1) is 21.4. The van der Waals surface area contributed by atoms with Crippen LogP contribution in [0.25, 0.3) is 0 Å². The molecule has 0 aliphatic rings. The molecule has 2 N–H and O–H groups in total. The number of carbonyl (C=O) groups is 1. The van der Waals surface area contributed by atoms with Crippen LogP contribution in [0.15, 0.2) is 59.5 Å². The normalized spacial score (nSPS) is 13.7. The van der Waals surface area contributed by atoms with Crippen molar-refractivity contribution in [2.45, 2.75) is 30.3 Å². The molecule has 0 heterocycles. The minimum absolute atomic E-state index is 0.0442. The molecule has 146 valence electrons. The van der Waals surface area contributed by atoms with Gasteiger partial charge in [0.15, 0.2) is 0 Å². The van der Waals surface area contributed by atoms with Gasteiger partial charge in [-0.25, -0.2) is 8.42 Å². The fraction of sp³-hybridized carbons (Fsp3) is 0.316. The van der Waals surface area contributed by atoms with Gasteiger partial charge in [0.2, 0.25) is 15.9 Å². The molecule has 2 aromatic carbocycles. The number of carbonyl (C=O) groups excluding carboxylic acids is 1. The Morgan fingerprint density at radius 1 is 1.11 bits per heavy atom. The Balaban J connectivity index is 2.22. The van der Waals surface area contributed by atoms with Crippen molar-refractivity contribution in [2.24, 2.45) is 0 Å². The van der Waals surface area contributed by atoms with Crippen LogP contribution in [0, 0.1) is 0 Å². The summed E-state index contributed by atoms with van der Waals surface area (Å²) in [5.74, 6) is -0.416. The molecule has 0 aliphatic carbocycles. The zero-order valence-electron chi connectivity index (χ0n) is 15.2. The highest BCUT2D eigenvalue weighted by atomic mass is 35.5. The van der Waals surface area contributed by atoms with Gasteiger partial charge in [-0.1, -0.05) is 41.9 Å². The highest BCUT2D eigenvalue weighted by Crippen LogP contribution is 2.15. The second kappa shape index (κ2) is 9.85. The maximum absolute atomic E-state index is 12.7. The number of ether oxygens (including phenoxy) is 1. The predicted molar refractivity (Wildman–Crippen MR) is 105 cm³/mol. The van der Waals surface area contributed by atoms with Crippen molar-refractivity contribution in [3.8, 4) is 0 Å². The third-order valence-electron chi connectivity index (χ3n) is 3.83. The van der Waals surface area contributed by atoms with Gasteiger partial charge in [0, 0.05) is 18.2 Å². The van der Waals surface area contributed by atoms with Gasteiger partial charge < -0.3 is 10.1 Å². The first-order valence-corrected chi connectivity index (χ1v) is 10.3. The second-order valence-corrected chi connectivity index (χ2v) is 8.33. The third-order valence-corrected chi connectivity index (χ3v) is 5.57. The van der Waals surface area contributed by atoms with Crippen molar-refractivity contribution in [3.63, 3.8) is 0 Å². The highest BCUT2D eigenvalue weighted by molar-refractivity contribution is 7.89. The molecule has 27 heavy (non-hydrogen) atoms. The topological polar surface area (TPSA) is 84.5 Å². The van der Waals surface area contributed by atoms with Crippen molar-refractivity contribution in [1.82, 2.24) is 10.0 Å². The lowest BCUT2D eigenvalue weighted by Crippen LogP contribution is -2.50. The third kappa shape index (κ3) is 6.62. The molecule has 0 spiro atoms. The molecule has 2 atom stereocenters. The minimum atomic E-state index is -3.89. The average molecular weight is 411 g/mol. The molecule has 0 saturated carbocycles. The summed E-state index contributed by atoms with van der Waals surface area (Å²) in [6, 6.07) is 13.8. The molecule has 0 aliphatic heterocycles. The molecule has 0 bridgehead atoms. The van der Waals surface area contributed by atoms with Crippen molar-refractivity contribution < 1.29 is 17.9 Å².